The SMILES string of the molecule is Cc1c(C(=O)NCCc2ccc(S(N)(=O)=O)cc2)nnn1-c1nccs1. The Morgan fingerprint density at radius 2 is 2.04 bits per heavy atom. The van der Waals surface area contributed by atoms with Crippen LogP contribution in [0.4, 0.5) is 0 Å². The van der Waals surface area contributed by atoms with E-state index in [1.165, 1.54) is 28.2 Å². The lowest BCUT2D eigenvalue weighted by Gasteiger charge is -2.05. The minimum atomic E-state index is -3.70. The van der Waals surface area contributed by atoms with Crippen LogP contribution >= 0.6 is 11.3 Å². The normalized spacial score (nSPS) is 11.5. The molecule has 0 fully saturated rings. The van der Waals surface area contributed by atoms with Crippen LogP contribution in [0.25, 0.3) is 5.13 Å². The quantitative estimate of drug-likeness (QED) is 0.633. The second kappa shape index (κ2) is 7.32. The van der Waals surface area contributed by atoms with Crippen molar-refractivity contribution in [2.45, 2.75) is 18.2 Å². The van der Waals surface area contributed by atoms with Crippen molar-refractivity contribution in [3.63, 3.8) is 0 Å². The van der Waals surface area contributed by atoms with Crippen molar-refractivity contribution < 1.29 is 13.2 Å². The average Bonchev–Trinajstić information content (AvgIpc) is 3.23. The summed E-state index contributed by atoms with van der Waals surface area (Å²) in [6, 6.07) is 6.21. The van der Waals surface area contributed by atoms with Crippen molar-refractivity contribution >= 4 is 27.3 Å². The van der Waals surface area contributed by atoms with Gasteiger partial charge in [-0.3, -0.25) is 4.79 Å². The Kier molecular flexibility index (Phi) is 5.11. The third kappa shape index (κ3) is 3.95. The lowest BCUT2D eigenvalue weighted by atomic mass is 10.1. The Bertz CT molecular complexity index is 1010. The Balaban J connectivity index is 1.60. The first-order valence-corrected chi connectivity index (χ1v) is 10.0. The smallest absolute Gasteiger partial charge is 0.273 e. The van der Waals surface area contributed by atoms with Crippen molar-refractivity contribution in [1.82, 2.24) is 25.3 Å². The van der Waals surface area contributed by atoms with Gasteiger partial charge in [0.1, 0.15) is 0 Å². The fourth-order valence-corrected chi connectivity index (χ4v) is 3.44. The van der Waals surface area contributed by atoms with E-state index in [4.69, 9.17) is 5.14 Å². The predicted octanol–water partition coefficient (Wildman–Crippen LogP) is 0.652. The summed E-state index contributed by atoms with van der Waals surface area (Å²) in [6.45, 7) is 2.12. The van der Waals surface area contributed by atoms with Gasteiger partial charge in [-0.05, 0) is 31.0 Å². The number of amides is 1. The molecular weight excluding hydrogens is 376 g/mol. The number of rotatable bonds is 6. The molecule has 0 atom stereocenters. The first-order chi connectivity index (χ1) is 12.4. The average molecular weight is 392 g/mol. The van der Waals surface area contributed by atoms with E-state index in [-0.39, 0.29) is 16.5 Å². The monoisotopic (exact) mass is 392 g/mol. The summed E-state index contributed by atoms with van der Waals surface area (Å²) in [5.74, 6) is -0.327. The maximum absolute atomic E-state index is 12.3. The summed E-state index contributed by atoms with van der Waals surface area (Å²) in [5.41, 5.74) is 1.72. The predicted molar refractivity (Wildman–Crippen MR) is 95.6 cm³/mol. The molecule has 9 nitrogen and oxygen atoms in total. The van der Waals surface area contributed by atoms with Gasteiger partial charge in [0, 0.05) is 18.1 Å². The lowest BCUT2D eigenvalue weighted by Crippen LogP contribution is -2.26. The Morgan fingerprint density at radius 1 is 1.31 bits per heavy atom. The van der Waals surface area contributed by atoms with Crippen molar-refractivity contribution in [1.29, 1.82) is 0 Å². The van der Waals surface area contributed by atoms with Crippen LogP contribution < -0.4 is 10.5 Å². The zero-order valence-corrected chi connectivity index (χ0v) is 15.4. The van der Waals surface area contributed by atoms with E-state index in [1.54, 1.807) is 25.3 Å². The van der Waals surface area contributed by atoms with Gasteiger partial charge in [-0.25, -0.2) is 18.5 Å². The zero-order valence-electron chi connectivity index (χ0n) is 13.8. The third-order valence-electron chi connectivity index (χ3n) is 3.66. The number of nitrogens with one attached hydrogen (secondary N) is 1. The Hall–Kier alpha value is -2.63. The van der Waals surface area contributed by atoms with Gasteiger partial charge in [0.05, 0.1) is 10.6 Å². The molecule has 0 radical (unpaired) electrons. The summed E-state index contributed by atoms with van der Waals surface area (Å²) in [4.78, 5) is 16.5. The minimum absolute atomic E-state index is 0.0553. The molecule has 26 heavy (non-hydrogen) atoms. The lowest BCUT2D eigenvalue weighted by molar-refractivity contribution is 0.0948. The van der Waals surface area contributed by atoms with Gasteiger partial charge in [0.2, 0.25) is 15.2 Å². The fraction of sp³-hybridized carbons (Fsp3) is 0.200. The second-order valence-electron chi connectivity index (χ2n) is 5.44. The molecule has 11 heteroatoms. The number of sulfonamides is 1. The molecule has 1 amide bonds. The maximum Gasteiger partial charge on any atom is 0.273 e. The summed E-state index contributed by atoms with van der Waals surface area (Å²) in [6.07, 6.45) is 2.19. The van der Waals surface area contributed by atoms with Crippen molar-refractivity contribution in [2.24, 2.45) is 5.14 Å². The van der Waals surface area contributed by atoms with Gasteiger partial charge in [-0.15, -0.1) is 16.4 Å². The highest BCUT2D eigenvalue weighted by Gasteiger charge is 2.18. The van der Waals surface area contributed by atoms with Crippen LogP contribution in [-0.4, -0.2) is 40.8 Å². The molecule has 0 aliphatic carbocycles. The molecule has 0 unspecified atom stereocenters. The molecule has 3 N–H and O–H groups in total. The summed E-state index contributed by atoms with van der Waals surface area (Å²) >= 11 is 1.40. The fourth-order valence-electron chi connectivity index (χ4n) is 2.29. The van der Waals surface area contributed by atoms with Crippen LogP contribution in [0.5, 0.6) is 0 Å². The molecule has 1 aromatic carbocycles. The van der Waals surface area contributed by atoms with Crippen LogP contribution in [0.1, 0.15) is 21.7 Å². The molecule has 0 aliphatic heterocycles. The van der Waals surface area contributed by atoms with E-state index in [2.05, 4.69) is 20.6 Å². The van der Waals surface area contributed by atoms with Gasteiger partial charge in [-0.1, -0.05) is 17.3 Å². The molecule has 0 aliphatic rings. The van der Waals surface area contributed by atoms with E-state index >= 15 is 0 Å². The number of aromatic nitrogens is 4. The van der Waals surface area contributed by atoms with Gasteiger partial charge < -0.3 is 5.32 Å². The number of nitrogens with two attached hydrogens (primary N) is 1. The molecule has 0 bridgehead atoms. The number of hydrogen-bond donors (Lipinski definition) is 2. The minimum Gasteiger partial charge on any atom is -0.350 e. The second-order valence-corrected chi connectivity index (χ2v) is 7.88. The number of carbonyl (C=O) groups excluding carboxylic acids is 1. The van der Waals surface area contributed by atoms with Crippen LogP contribution in [-0.2, 0) is 16.4 Å². The van der Waals surface area contributed by atoms with Gasteiger partial charge in [0.15, 0.2) is 5.69 Å². The highest BCUT2D eigenvalue weighted by molar-refractivity contribution is 7.89. The molecule has 0 saturated heterocycles. The highest BCUT2D eigenvalue weighted by atomic mass is 32.2. The van der Waals surface area contributed by atoms with Crippen molar-refractivity contribution in [3.05, 3.63) is 52.8 Å². The van der Waals surface area contributed by atoms with Crippen LogP contribution in [0, 0.1) is 6.92 Å². The van der Waals surface area contributed by atoms with Gasteiger partial charge >= 0.3 is 0 Å². The molecule has 3 rings (SSSR count). The van der Waals surface area contributed by atoms with Crippen LogP contribution in [0.2, 0.25) is 0 Å². The maximum atomic E-state index is 12.3. The number of carbonyl (C=O) groups is 1. The van der Waals surface area contributed by atoms with E-state index in [0.717, 1.165) is 5.56 Å². The molecule has 0 spiro atoms. The first kappa shape index (κ1) is 18.2. The molecule has 3 aromatic rings. The number of benzene rings is 1. The number of thiazole rings is 1. The summed E-state index contributed by atoms with van der Waals surface area (Å²) < 4.78 is 24.0. The Morgan fingerprint density at radius 3 is 2.65 bits per heavy atom. The van der Waals surface area contributed by atoms with Gasteiger partial charge in [-0.2, -0.15) is 4.68 Å². The summed E-state index contributed by atoms with van der Waals surface area (Å²) in [5, 5.41) is 18.2. The first-order valence-electron chi connectivity index (χ1n) is 7.58. The van der Waals surface area contributed by atoms with Crippen molar-refractivity contribution in [3.8, 4) is 5.13 Å². The third-order valence-corrected chi connectivity index (χ3v) is 5.34. The molecular formula is C15H16N6O3S2. The molecule has 0 saturated carbocycles. The highest BCUT2D eigenvalue weighted by Crippen LogP contribution is 2.14. The number of primary sulfonamides is 1. The molecule has 136 valence electrons. The molecule has 2 aromatic heterocycles. The van der Waals surface area contributed by atoms with E-state index in [0.29, 0.717) is 23.8 Å². The van der Waals surface area contributed by atoms with E-state index in [9.17, 15) is 13.2 Å². The number of hydrogen-bond acceptors (Lipinski definition) is 7. The Labute approximate surface area is 153 Å². The summed E-state index contributed by atoms with van der Waals surface area (Å²) in [7, 11) is -3.70. The largest absolute Gasteiger partial charge is 0.350 e. The van der Waals surface area contributed by atoms with E-state index < -0.39 is 10.0 Å². The standard InChI is InChI=1S/C15H16N6O3S2/c1-10-13(19-20-21(10)15-18-8-9-25-15)14(22)17-7-6-11-2-4-12(5-3-11)26(16,23)24/h2-5,8-9H,6-7H2,1H3,(H,17,22)(H2,16,23,24). The topological polar surface area (TPSA) is 133 Å². The van der Waals surface area contributed by atoms with Crippen LogP contribution in [0.3, 0.4) is 0 Å². The van der Waals surface area contributed by atoms with Crippen molar-refractivity contribution in [2.75, 3.05) is 6.54 Å². The van der Waals surface area contributed by atoms with Crippen LogP contribution in [0.15, 0.2) is 40.7 Å². The van der Waals surface area contributed by atoms with Gasteiger partial charge in [0.25, 0.3) is 5.91 Å². The molecule has 2 heterocycles. The van der Waals surface area contributed by atoms with E-state index in [1.807, 2.05) is 5.38 Å². The zero-order chi connectivity index (χ0) is 18.7. The number of nitrogens with zero attached hydrogens (tertiary/aromatic N) is 4.